The lowest BCUT2D eigenvalue weighted by Crippen LogP contribution is -2.49. The Labute approximate surface area is 267 Å². The summed E-state index contributed by atoms with van der Waals surface area (Å²) in [5.74, 6) is 1.58. The molecule has 0 radical (unpaired) electrons. The maximum atomic E-state index is 13.4. The van der Waals surface area contributed by atoms with Gasteiger partial charge < -0.3 is 29.1 Å². The lowest BCUT2D eigenvalue weighted by Gasteiger charge is -2.46. The molecule has 238 valence electrons. The molecule has 2 heterocycles. The highest BCUT2D eigenvalue weighted by molar-refractivity contribution is 6.30. The van der Waals surface area contributed by atoms with Gasteiger partial charge in [-0.2, -0.15) is 0 Å². The number of aryl methyl sites for hydroxylation is 1. The molecule has 2 aromatic carbocycles. The van der Waals surface area contributed by atoms with E-state index in [9.17, 15) is 9.90 Å². The van der Waals surface area contributed by atoms with Crippen molar-refractivity contribution in [1.82, 2.24) is 4.90 Å². The number of nitrogens with zero attached hydrogens (tertiary/aromatic N) is 2. The third kappa shape index (κ3) is 6.13. The van der Waals surface area contributed by atoms with E-state index in [-0.39, 0.29) is 30.5 Å². The van der Waals surface area contributed by atoms with Crippen molar-refractivity contribution >= 4 is 23.2 Å². The SMILES string of the molecule is CCOC[C@@]1(O)CC(=O)N(C)CC/C=C/[C@H](OC)[C@@H]2CC[C@H]2CN2C[C@@]3(CCCc4cc(Cl)ccc43)COc3ccc1cc32. The number of amides is 1. The molecule has 1 fully saturated rings. The maximum absolute atomic E-state index is 13.4. The summed E-state index contributed by atoms with van der Waals surface area (Å²) in [6, 6.07) is 12.3. The lowest BCUT2D eigenvalue weighted by atomic mass is 9.68. The highest BCUT2D eigenvalue weighted by Crippen LogP contribution is 2.47. The van der Waals surface area contributed by atoms with Crippen LogP contribution in [0.4, 0.5) is 5.69 Å². The molecule has 2 bridgehead atoms. The average molecular weight is 623 g/mol. The van der Waals surface area contributed by atoms with E-state index >= 15 is 0 Å². The fourth-order valence-electron chi connectivity index (χ4n) is 7.85. The molecule has 1 amide bonds. The quantitative estimate of drug-likeness (QED) is 0.429. The van der Waals surface area contributed by atoms with Crippen molar-refractivity contribution in [2.24, 2.45) is 11.8 Å². The minimum Gasteiger partial charge on any atom is -0.490 e. The molecule has 2 aromatic rings. The van der Waals surface area contributed by atoms with Crippen LogP contribution >= 0.6 is 11.6 Å². The summed E-state index contributed by atoms with van der Waals surface area (Å²) in [6.07, 6.45) is 10.5. The van der Waals surface area contributed by atoms with Crippen molar-refractivity contribution in [3.05, 3.63) is 70.3 Å². The Balaban J connectivity index is 1.45. The van der Waals surface area contributed by atoms with Gasteiger partial charge in [-0.15, -0.1) is 0 Å². The number of ether oxygens (including phenoxy) is 3. The van der Waals surface area contributed by atoms with Crippen molar-refractivity contribution in [2.75, 3.05) is 58.5 Å². The maximum Gasteiger partial charge on any atom is 0.225 e. The molecule has 0 unspecified atom stereocenters. The van der Waals surface area contributed by atoms with E-state index in [0.29, 0.717) is 37.2 Å². The van der Waals surface area contributed by atoms with Gasteiger partial charge in [-0.25, -0.2) is 0 Å². The van der Waals surface area contributed by atoms with Crippen molar-refractivity contribution in [3.8, 4) is 5.75 Å². The summed E-state index contributed by atoms with van der Waals surface area (Å²) < 4.78 is 18.5. The van der Waals surface area contributed by atoms with Crippen LogP contribution in [-0.2, 0) is 31.7 Å². The van der Waals surface area contributed by atoms with Crippen LogP contribution < -0.4 is 9.64 Å². The average Bonchev–Trinajstić information content (AvgIpc) is 3.15. The first kappa shape index (κ1) is 31.4. The van der Waals surface area contributed by atoms with E-state index in [1.165, 1.54) is 11.1 Å². The number of aliphatic hydroxyl groups is 1. The number of rotatable bonds is 4. The number of hydrogen-bond acceptors (Lipinski definition) is 6. The molecule has 0 saturated heterocycles. The molecule has 1 N–H and O–H groups in total. The zero-order chi connectivity index (χ0) is 30.9. The van der Waals surface area contributed by atoms with Crippen LogP contribution in [0.15, 0.2) is 48.6 Å². The van der Waals surface area contributed by atoms with Gasteiger partial charge in [0.05, 0.1) is 31.4 Å². The Kier molecular flexibility index (Phi) is 9.30. The zero-order valence-electron chi connectivity index (χ0n) is 26.4. The molecule has 2 aliphatic heterocycles. The first-order valence-corrected chi connectivity index (χ1v) is 16.7. The second kappa shape index (κ2) is 13.0. The van der Waals surface area contributed by atoms with Gasteiger partial charge in [-0.1, -0.05) is 35.9 Å². The van der Waals surface area contributed by atoms with Gasteiger partial charge in [-0.05, 0) is 98.2 Å². The number of anilines is 1. The summed E-state index contributed by atoms with van der Waals surface area (Å²) >= 11 is 6.45. The smallest absolute Gasteiger partial charge is 0.225 e. The predicted octanol–water partition coefficient (Wildman–Crippen LogP) is 5.89. The summed E-state index contributed by atoms with van der Waals surface area (Å²) in [5.41, 5.74) is 2.65. The minimum absolute atomic E-state index is 0.0412. The standard InChI is InChI=1S/C36H47ClN2O5/c1-4-43-24-36(41)20-34(40)38(2)17-6-5-9-32(42-3)29-13-10-26(29)21-39-22-35(23-44-33-15-11-27(36)19-31(33)39)16-7-8-25-18-28(37)12-14-30(25)35/h5,9,11-12,14-15,18-19,26,29,32,41H,4,6-8,10,13,16-17,20-24H2,1-3H3/b9-5+/t26-,29+,32-,35-,36-/m0/s1. The number of halogens is 1. The second-order valence-electron chi connectivity index (χ2n) is 13.4. The van der Waals surface area contributed by atoms with Gasteiger partial charge in [0.15, 0.2) is 0 Å². The van der Waals surface area contributed by atoms with Crippen molar-refractivity contribution in [2.45, 2.75) is 69.0 Å². The number of carbonyl (C=O) groups excluding carboxylic acids is 1. The third-order valence-electron chi connectivity index (χ3n) is 10.6. The van der Waals surface area contributed by atoms with Crippen LogP contribution in [0, 0.1) is 11.8 Å². The molecular weight excluding hydrogens is 576 g/mol. The molecular formula is C36H47ClN2O5. The third-order valence-corrected chi connectivity index (χ3v) is 10.8. The normalized spacial score (nSPS) is 31.4. The van der Waals surface area contributed by atoms with Crippen LogP contribution in [0.3, 0.4) is 0 Å². The Hall–Kier alpha value is -2.58. The molecule has 7 nitrogen and oxygen atoms in total. The van der Waals surface area contributed by atoms with Gasteiger partial charge >= 0.3 is 0 Å². The van der Waals surface area contributed by atoms with Gasteiger partial charge in [0, 0.05) is 50.8 Å². The Morgan fingerprint density at radius 2 is 2.05 bits per heavy atom. The van der Waals surface area contributed by atoms with E-state index in [2.05, 4.69) is 35.3 Å². The lowest BCUT2D eigenvalue weighted by molar-refractivity contribution is -0.139. The molecule has 44 heavy (non-hydrogen) atoms. The van der Waals surface area contributed by atoms with Crippen LogP contribution in [0.5, 0.6) is 5.75 Å². The zero-order valence-corrected chi connectivity index (χ0v) is 27.2. The molecule has 2 aliphatic carbocycles. The van der Waals surface area contributed by atoms with Gasteiger partial charge in [0.1, 0.15) is 11.4 Å². The molecule has 6 rings (SSSR count). The van der Waals surface area contributed by atoms with Crippen LogP contribution in [0.2, 0.25) is 5.02 Å². The first-order chi connectivity index (χ1) is 21.2. The topological polar surface area (TPSA) is 71.5 Å². The Morgan fingerprint density at radius 3 is 2.82 bits per heavy atom. The van der Waals surface area contributed by atoms with Gasteiger partial charge in [-0.3, -0.25) is 4.79 Å². The summed E-state index contributed by atoms with van der Waals surface area (Å²) in [4.78, 5) is 17.6. The largest absolute Gasteiger partial charge is 0.490 e. The fraction of sp³-hybridized carbons (Fsp3) is 0.583. The number of carbonyl (C=O) groups is 1. The summed E-state index contributed by atoms with van der Waals surface area (Å²) in [5, 5.41) is 12.9. The molecule has 5 atom stereocenters. The van der Waals surface area contributed by atoms with Crippen LogP contribution in [0.25, 0.3) is 0 Å². The van der Waals surface area contributed by atoms with Crippen molar-refractivity contribution in [1.29, 1.82) is 0 Å². The number of fused-ring (bicyclic) bond motifs is 4. The number of benzene rings is 2. The van der Waals surface area contributed by atoms with Gasteiger partial charge in [0.2, 0.25) is 5.91 Å². The number of hydrogen-bond donors (Lipinski definition) is 1. The summed E-state index contributed by atoms with van der Waals surface area (Å²) in [7, 11) is 3.61. The van der Waals surface area contributed by atoms with E-state index < -0.39 is 5.60 Å². The van der Waals surface area contributed by atoms with Crippen molar-refractivity contribution < 1.29 is 24.1 Å². The predicted molar refractivity (Wildman–Crippen MR) is 174 cm³/mol. The van der Waals surface area contributed by atoms with Crippen molar-refractivity contribution in [3.63, 3.8) is 0 Å². The van der Waals surface area contributed by atoms with E-state index in [1.807, 2.05) is 25.1 Å². The molecule has 4 aliphatic rings. The highest BCUT2D eigenvalue weighted by atomic mass is 35.5. The minimum atomic E-state index is -1.46. The molecule has 1 saturated carbocycles. The Bertz CT molecular complexity index is 1380. The van der Waals surface area contributed by atoms with E-state index in [0.717, 1.165) is 68.1 Å². The van der Waals surface area contributed by atoms with Gasteiger partial charge in [0.25, 0.3) is 0 Å². The van der Waals surface area contributed by atoms with Crippen LogP contribution in [0.1, 0.15) is 62.1 Å². The van der Waals surface area contributed by atoms with E-state index in [4.69, 9.17) is 25.8 Å². The highest BCUT2D eigenvalue weighted by Gasteiger charge is 2.45. The van der Waals surface area contributed by atoms with Crippen LogP contribution in [-0.4, -0.2) is 75.6 Å². The second-order valence-corrected chi connectivity index (χ2v) is 13.8. The monoisotopic (exact) mass is 622 g/mol. The molecule has 0 aromatic heterocycles. The summed E-state index contributed by atoms with van der Waals surface area (Å²) in [6.45, 7) is 5.23. The molecule has 1 spiro atoms. The Morgan fingerprint density at radius 1 is 1.18 bits per heavy atom. The fourth-order valence-corrected chi connectivity index (χ4v) is 8.05. The number of methoxy groups -OCH3 is 1. The molecule has 8 heteroatoms. The first-order valence-electron chi connectivity index (χ1n) is 16.3. The van der Waals surface area contributed by atoms with E-state index in [1.54, 1.807) is 19.1 Å².